The van der Waals surface area contributed by atoms with Gasteiger partial charge in [0, 0.05) is 25.4 Å². The van der Waals surface area contributed by atoms with Crippen LogP contribution in [-0.4, -0.2) is 49.3 Å². The van der Waals surface area contributed by atoms with E-state index >= 15 is 0 Å². The molecule has 3 aromatic rings. The molecule has 0 bridgehead atoms. The molecule has 1 N–H and O–H groups in total. The van der Waals surface area contributed by atoms with Crippen LogP contribution in [-0.2, 0) is 15.8 Å². The molecule has 0 saturated heterocycles. The van der Waals surface area contributed by atoms with Crippen molar-refractivity contribution < 1.29 is 13.2 Å². The molecule has 0 radical (unpaired) electrons. The molecule has 29 heavy (non-hydrogen) atoms. The molecule has 2 aromatic carbocycles. The van der Waals surface area contributed by atoms with E-state index in [1.165, 1.54) is 43.1 Å². The van der Waals surface area contributed by atoms with E-state index in [1.807, 2.05) is 18.2 Å². The van der Waals surface area contributed by atoms with Gasteiger partial charge in [0.15, 0.2) is 10.1 Å². The second kappa shape index (κ2) is 9.49. The highest BCUT2D eigenvalue weighted by Crippen LogP contribution is 2.28. The van der Waals surface area contributed by atoms with Gasteiger partial charge in [-0.15, -0.1) is 10.2 Å². The third-order valence-electron chi connectivity index (χ3n) is 3.95. The Morgan fingerprint density at radius 3 is 2.59 bits per heavy atom. The van der Waals surface area contributed by atoms with Crippen LogP contribution in [0.2, 0.25) is 0 Å². The number of aromatic nitrogens is 2. The highest BCUT2D eigenvalue weighted by atomic mass is 32.2. The fourth-order valence-corrected chi connectivity index (χ4v) is 5.01. The SMILES string of the molecule is CN(C)S(=O)(=O)c1cccc(C(=O)CNc2nnc(SCc3ccccc3)s2)c1. The van der Waals surface area contributed by atoms with Crippen LogP contribution in [0.3, 0.4) is 0 Å². The van der Waals surface area contributed by atoms with E-state index in [4.69, 9.17) is 0 Å². The maximum Gasteiger partial charge on any atom is 0.242 e. The minimum Gasteiger partial charge on any atom is -0.353 e. The van der Waals surface area contributed by atoms with Gasteiger partial charge in [0.2, 0.25) is 15.2 Å². The van der Waals surface area contributed by atoms with Crippen LogP contribution in [0.4, 0.5) is 5.13 Å². The average molecular weight is 449 g/mol. The first-order chi connectivity index (χ1) is 13.9. The lowest BCUT2D eigenvalue weighted by Crippen LogP contribution is -2.22. The Hall–Kier alpha value is -2.27. The molecule has 0 unspecified atom stereocenters. The van der Waals surface area contributed by atoms with Crippen molar-refractivity contribution in [1.82, 2.24) is 14.5 Å². The Kier molecular flexibility index (Phi) is 7.01. The summed E-state index contributed by atoms with van der Waals surface area (Å²) >= 11 is 2.96. The zero-order chi connectivity index (χ0) is 20.9. The number of benzene rings is 2. The Bertz CT molecular complexity index is 1080. The molecular weight excluding hydrogens is 428 g/mol. The normalized spacial score (nSPS) is 11.6. The molecule has 1 heterocycles. The minimum atomic E-state index is -3.59. The van der Waals surface area contributed by atoms with Crippen LogP contribution in [0, 0.1) is 0 Å². The van der Waals surface area contributed by atoms with Crippen LogP contribution in [0.1, 0.15) is 15.9 Å². The third-order valence-corrected chi connectivity index (χ3v) is 7.84. The minimum absolute atomic E-state index is 0.00342. The van der Waals surface area contributed by atoms with Crippen LogP contribution in [0.25, 0.3) is 0 Å². The Morgan fingerprint density at radius 2 is 1.86 bits per heavy atom. The van der Waals surface area contributed by atoms with Crippen molar-refractivity contribution in [3.05, 3.63) is 65.7 Å². The van der Waals surface area contributed by atoms with E-state index in [0.717, 1.165) is 14.4 Å². The topological polar surface area (TPSA) is 92.3 Å². The molecule has 0 aliphatic carbocycles. The molecule has 0 atom stereocenters. The molecule has 152 valence electrons. The molecule has 0 saturated carbocycles. The molecule has 0 amide bonds. The molecule has 0 aliphatic rings. The van der Waals surface area contributed by atoms with E-state index in [0.29, 0.717) is 10.7 Å². The van der Waals surface area contributed by atoms with Gasteiger partial charge < -0.3 is 5.32 Å². The quantitative estimate of drug-likeness (QED) is 0.396. The van der Waals surface area contributed by atoms with E-state index in [9.17, 15) is 13.2 Å². The number of hydrogen-bond acceptors (Lipinski definition) is 8. The molecule has 0 aliphatic heterocycles. The van der Waals surface area contributed by atoms with Crippen molar-refractivity contribution in [3.8, 4) is 0 Å². The van der Waals surface area contributed by atoms with Gasteiger partial charge in [-0.25, -0.2) is 12.7 Å². The largest absolute Gasteiger partial charge is 0.353 e. The zero-order valence-corrected chi connectivity index (χ0v) is 18.4. The Balaban J connectivity index is 1.58. The number of thioether (sulfide) groups is 1. The average Bonchev–Trinajstić information content (AvgIpc) is 3.19. The first kappa shape index (κ1) is 21.4. The number of sulfonamides is 1. The molecule has 0 spiro atoms. The molecule has 0 fully saturated rings. The summed E-state index contributed by atoms with van der Waals surface area (Å²) in [5.74, 6) is 0.566. The number of Topliss-reactive ketones (excluding diaryl/α,β-unsaturated/α-hetero) is 1. The van der Waals surface area contributed by atoms with Crippen molar-refractivity contribution in [3.63, 3.8) is 0 Å². The fourth-order valence-electron chi connectivity index (χ4n) is 2.36. The smallest absolute Gasteiger partial charge is 0.242 e. The number of hydrogen-bond donors (Lipinski definition) is 1. The van der Waals surface area contributed by atoms with Crippen molar-refractivity contribution >= 4 is 44.0 Å². The number of nitrogens with one attached hydrogen (secondary N) is 1. The van der Waals surface area contributed by atoms with E-state index in [2.05, 4.69) is 27.6 Å². The van der Waals surface area contributed by atoms with Gasteiger partial charge in [0.1, 0.15) is 0 Å². The van der Waals surface area contributed by atoms with Crippen LogP contribution in [0.5, 0.6) is 0 Å². The third kappa shape index (κ3) is 5.63. The number of nitrogens with zero attached hydrogens (tertiary/aromatic N) is 3. The predicted molar refractivity (Wildman–Crippen MR) is 116 cm³/mol. The van der Waals surface area contributed by atoms with Gasteiger partial charge in [-0.1, -0.05) is 65.6 Å². The summed E-state index contributed by atoms with van der Waals surface area (Å²) in [6.45, 7) is 0.00342. The highest BCUT2D eigenvalue weighted by Gasteiger charge is 2.18. The van der Waals surface area contributed by atoms with E-state index < -0.39 is 10.0 Å². The zero-order valence-electron chi connectivity index (χ0n) is 15.9. The van der Waals surface area contributed by atoms with Crippen LogP contribution in [0.15, 0.2) is 63.8 Å². The number of carbonyl (C=O) groups excluding carboxylic acids is 1. The van der Waals surface area contributed by atoms with Crippen molar-refractivity contribution in [1.29, 1.82) is 0 Å². The lowest BCUT2D eigenvalue weighted by Gasteiger charge is -2.12. The van der Waals surface area contributed by atoms with Crippen LogP contribution >= 0.6 is 23.1 Å². The summed E-state index contributed by atoms with van der Waals surface area (Å²) in [5, 5.41) is 11.7. The maximum atomic E-state index is 12.5. The number of carbonyl (C=O) groups is 1. The van der Waals surface area contributed by atoms with Crippen LogP contribution < -0.4 is 5.32 Å². The van der Waals surface area contributed by atoms with E-state index in [1.54, 1.807) is 23.9 Å². The van der Waals surface area contributed by atoms with Crippen molar-refractivity contribution in [2.45, 2.75) is 15.0 Å². The van der Waals surface area contributed by atoms with Crippen molar-refractivity contribution in [2.24, 2.45) is 0 Å². The Labute approximate surface area is 178 Å². The molecule has 10 heteroatoms. The second-order valence-corrected chi connectivity index (χ2v) is 10.6. The van der Waals surface area contributed by atoms with Gasteiger partial charge >= 0.3 is 0 Å². The van der Waals surface area contributed by atoms with Gasteiger partial charge in [-0.05, 0) is 17.7 Å². The van der Waals surface area contributed by atoms with Crippen molar-refractivity contribution in [2.75, 3.05) is 26.0 Å². The molecule has 7 nitrogen and oxygen atoms in total. The van der Waals surface area contributed by atoms with Gasteiger partial charge in [-0.3, -0.25) is 4.79 Å². The van der Waals surface area contributed by atoms with Gasteiger partial charge in [-0.2, -0.15) is 0 Å². The van der Waals surface area contributed by atoms with Gasteiger partial charge in [0.05, 0.1) is 11.4 Å². The number of ketones is 1. The first-order valence-corrected chi connectivity index (χ1v) is 11.9. The lowest BCUT2D eigenvalue weighted by molar-refractivity contribution is 0.101. The Morgan fingerprint density at radius 1 is 1.10 bits per heavy atom. The van der Waals surface area contributed by atoms with Gasteiger partial charge in [0.25, 0.3) is 0 Å². The fraction of sp³-hybridized carbons (Fsp3) is 0.211. The highest BCUT2D eigenvalue weighted by molar-refractivity contribution is 8.00. The second-order valence-electron chi connectivity index (χ2n) is 6.24. The molecular formula is C19H20N4O3S3. The standard InChI is InChI=1S/C19H20N4O3S3/c1-23(2)29(25,26)16-10-6-9-15(11-16)17(24)12-20-18-21-22-19(28-18)27-13-14-7-4-3-5-8-14/h3-11H,12-13H2,1-2H3,(H,20,21). The van der Waals surface area contributed by atoms with E-state index in [-0.39, 0.29) is 17.2 Å². The first-order valence-electron chi connectivity index (χ1n) is 8.66. The lowest BCUT2D eigenvalue weighted by atomic mass is 10.1. The summed E-state index contributed by atoms with van der Waals surface area (Å²) in [5.41, 5.74) is 1.52. The summed E-state index contributed by atoms with van der Waals surface area (Å²) in [4.78, 5) is 12.6. The number of rotatable bonds is 9. The summed E-state index contributed by atoms with van der Waals surface area (Å²) in [6, 6.07) is 16.1. The maximum absolute atomic E-state index is 12.5. The predicted octanol–water partition coefficient (Wildman–Crippen LogP) is 3.38. The summed E-state index contributed by atoms with van der Waals surface area (Å²) in [7, 11) is -0.683. The summed E-state index contributed by atoms with van der Waals surface area (Å²) < 4.78 is 26.4. The molecule has 3 rings (SSSR count). The monoisotopic (exact) mass is 448 g/mol. The number of anilines is 1. The molecule has 1 aromatic heterocycles. The summed E-state index contributed by atoms with van der Waals surface area (Å²) in [6.07, 6.45) is 0.